The van der Waals surface area contributed by atoms with Crippen molar-refractivity contribution >= 4 is 23.6 Å². The first-order valence-corrected chi connectivity index (χ1v) is 14.1. The largest absolute Gasteiger partial charge is 0.488 e. The Morgan fingerprint density at radius 2 is 2.05 bits per heavy atom. The second kappa shape index (κ2) is 14.1. The number of carboxylic acid groups (broad SMARTS) is 1. The van der Waals surface area contributed by atoms with Gasteiger partial charge in [0.2, 0.25) is 5.88 Å². The highest BCUT2D eigenvalue weighted by Gasteiger charge is 2.26. The molecule has 0 aliphatic carbocycles. The van der Waals surface area contributed by atoms with Gasteiger partial charge in [-0.15, -0.1) is 0 Å². The summed E-state index contributed by atoms with van der Waals surface area (Å²) in [5, 5.41) is 19.6. The molecule has 2 aliphatic rings. The van der Waals surface area contributed by atoms with Crippen LogP contribution in [0.4, 0.5) is 5.82 Å². The molecule has 1 aromatic heterocycles. The van der Waals surface area contributed by atoms with Crippen LogP contribution >= 0.6 is 0 Å². The predicted octanol–water partition coefficient (Wildman–Crippen LogP) is 5.62. The van der Waals surface area contributed by atoms with E-state index in [1.165, 1.54) is 23.8 Å². The molecule has 2 aliphatic heterocycles. The molecule has 0 spiro atoms. The van der Waals surface area contributed by atoms with E-state index in [1.54, 1.807) is 18.2 Å². The van der Waals surface area contributed by atoms with Gasteiger partial charge in [0.05, 0.1) is 12.8 Å². The maximum Gasteiger partial charge on any atom is 0.342 e. The van der Waals surface area contributed by atoms with Crippen molar-refractivity contribution in [3.05, 3.63) is 100 Å². The van der Waals surface area contributed by atoms with Crippen molar-refractivity contribution in [2.75, 3.05) is 32.2 Å². The maximum atomic E-state index is 11.5. The predicted molar refractivity (Wildman–Crippen MR) is 164 cm³/mol. The average molecular weight is 573 g/mol. The molecule has 1 fully saturated rings. The normalized spacial score (nSPS) is 16.8. The first-order chi connectivity index (χ1) is 20.3. The number of benzene rings is 1. The topological polar surface area (TPSA) is 117 Å². The van der Waals surface area contributed by atoms with Crippen LogP contribution in [0, 0.1) is 12.3 Å². The molecule has 0 bridgehead atoms. The highest BCUT2D eigenvalue weighted by molar-refractivity contribution is 6.08. The number of hydrogen-bond acceptors (Lipinski definition) is 8. The second-order valence-electron chi connectivity index (χ2n) is 10.5. The number of carboxylic acids is 1. The van der Waals surface area contributed by atoms with Gasteiger partial charge in [-0.1, -0.05) is 37.4 Å². The van der Waals surface area contributed by atoms with E-state index in [9.17, 15) is 9.90 Å². The first-order valence-electron chi connectivity index (χ1n) is 14.1. The summed E-state index contributed by atoms with van der Waals surface area (Å²) in [6.07, 6.45) is 5.62. The van der Waals surface area contributed by atoms with Gasteiger partial charge in [0.25, 0.3) is 0 Å². The zero-order valence-corrected chi connectivity index (χ0v) is 24.7. The van der Waals surface area contributed by atoms with E-state index >= 15 is 0 Å². The standard InChI is InChI=1S/C33H40N4O5/c1-6-26(29-8-7-9-30(35-29)36-32(40-5)28(18-34)33(38)39)31(21(2)3)42-20-24-11-10-23-19-37(15-12-27(23)22(24)4)25-13-16-41-17-14-25/h6-11,18,25,34H,1-2,12-17,19-20H2,3-5H3,(H,35,36)(H,38,39)/b31-26-,32-28-,34-18?. The Hall–Kier alpha value is -4.21. The van der Waals surface area contributed by atoms with Crippen molar-refractivity contribution in [1.29, 1.82) is 5.41 Å². The Bertz CT molecular complexity index is 1420. The molecule has 0 atom stereocenters. The number of allylic oxidation sites excluding steroid dienone is 3. The van der Waals surface area contributed by atoms with Crippen molar-refractivity contribution in [2.24, 2.45) is 0 Å². The summed E-state index contributed by atoms with van der Waals surface area (Å²) in [5.41, 5.74) is 6.81. The van der Waals surface area contributed by atoms with Crippen molar-refractivity contribution in [3.63, 3.8) is 0 Å². The third-order valence-corrected chi connectivity index (χ3v) is 7.84. The number of aliphatic carboxylic acids is 1. The molecule has 0 radical (unpaired) electrons. The fraction of sp³-hybridized carbons (Fsp3) is 0.364. The van der Waals surface area contributed by atoms with Gasteiger partial charge in [0.15, 0.2) is 0 Å². The molecule has 42 heavy (non-hydrogen) atoms. The highest BCUT2D eigenvalue weighted by atomic mass is 16.5. The smallest absolute Gasteiger partial charge is 0.342 e. The minimum Gasteiger partial charge on any atom is -0.488 e. The molecule has 1 aromatic carbocycles. The van der Waals surface area contributed by atoms with E-state index in [0.29, 0.717) is 41.7 Å². The van der Waals surface area contributed by atoms with Crippen molar-refractivity contribution in [2.45, 2.75) is 52.3 Å². The minimum atomic E-state index is -1.29. The monoisotopic (exact) mass is 572 g/mol. The number of pyridine rings is 1. The van der Waals surface area contributed by atoms with E-state index in [-0.39, 0.29) is 11.5 Å². The van der Waals surface area contributed by atoms with Gasteiger partial charge in [0.1, 0.15) is 23.8 Å². The number of anilines is 1. The van der Waals surface area contributed by atoms with E-state index in [4.69, 9.17) is 19.6 Å². The summed E-state index contributed by atoms with van der Waals surface area (Å²) in [4.78, 5) is 18.7. The number of fused-ring (bicyclic) bond motifs is 1. The molecule has 4 rings (SSSR count). The number of rotatable bonds is 12. The van der Waals surface area contributed by atoms with Gasteiger partial charge in [-0.05, 0) is 73.1 Å². The summed E-state index contributed by atoms with van der Waals surface area (Å²) in [6, 6.07) is 10.3. The lowest BCUT2D eigenvalue weighted by molar-refractivity contribution is -0.132. The molecule has 9 nitrogen and oxygen atoms in total. The quantitative estimate of drug-likeness (QED) is 0.130. The SMILES string of the molecule is C=C/C(=C(/OCc1ccc2c(c1C)CCN(C1CCOCC1)C2)C(=C)C)c1cccc(N/C(OC)=C(\C=N)C(=O)O)n1. The lowest BCUT2D eigenvalue weighted by atomic mass is 9.90. The van der Waals surface area contributed by atoms with Gasteiger partial charge in [0, 0.05) is 44.1 Å². The van der Waals surface area contributed by atoms with Gasteiger partial charge < -0.3 is 30.0 Å². The zero-order valence-electron chi connectivity index (χ0n) is 24.7. The van der Waals surface area contributed by atoms with Crippen LogP contribution in [0.15, 0.2) is 72.4 Å². The summed E-state index contributed by atoms with van der Waals surface area (Å²) >= 11 is 0. The average Bonchev–Trinajstić information content (AvgIpc) is 3.00. The summed E-state index contributed by atoms with van der Waals surface area (Å²) in [5.74, 6) is -0.470. The van der Waals surface area contributed by atoms with Crippen LogP contribution in [0.2, 0.25) is 0 Å². The summed E-state index contributed by atoms with van der Waals surface area (Å²) in [6.45, 7) is 16.3. The molecule has 0 amide bonds. The lowest BCUT2D eigenvalue weighted by Crippen LogP contribution is -2.42. The van der Waals surface area contributed by atoms with Gasteiger partial charge in [-0.3, -0.25) is 4.90 Å². The fourth-order valence-electron chi connectivity index (χ4n) is 5.55. The van der Waals surface area contributed by atoms with Crippen LogP contribution in [0.3, 0.4) is 0 Å². The zero-order chi connectivity index (χ0) is 30.2. The first kappa shape index (κ1) is 30.7. The number of carbonyl (C=O) groups is 1. The van der Waals surface area contributed by atoms with Crippen LogP contribution in [0.5, 0.6) is 0 Å². The number of hydrogen-bond donors (Lipinski definition) is 3. The number of nitrogens with zero attached hydrogens (tertiary/aromatic N) is 2. The Kier molecular flexibility index (Phi) is 10.3. The van der Waals surface area contributed by atoms with Crippen LogP contribution in [-0.4, -0.2) is 60.1 Å². The molecule has 0 saturated carbocycles. The van der Waals surface area contributed by atoms with Crippen molar-refractivity contribution in [3.8, 4) is 0 Å². The Morgan fingerprint density at radius 1 is 1.29 bits per heavy atom. The van der Waals surface area contributed by atoms with E-state index < -0.39 is 5.97 Å². The van der Waals surface area contributed by atoms with E-state index in [0.717, 1.165) is 56.7 Å². The molecule has 3 heterocycles. The number of aromatic nitrogens is 1. The lowest BCUT2D eigenvalue weighted by Gasteiger charge is -2.38. The fourth-order valence-corrected chi connectivity index (χ4v) is 5.55. The van der Waals surface area contributed by atoms with Gasteiger partial charge >= 0.3 is 5.97 Å². The molecular weight excluding hydrogens is 532 g/mol. The van der Waals surface area contributed by atoms with Crippen LogP contribution in [-0.2, 0) is 38.6 Å². The van der Waals surface area contributed by atoms with E-state index in [1.807, 2.05) is 13.0 Å². The molecule has 2 aromatic rings. The van der Waals surface area contributed by atoms with Crippen LogP contribution in [0.25, 0.3) is 5.57 Å². The maximum absolute atomic E-state index is 11.5. The Morgan fingerprint density at radius 3 is 2.69 bits per heavy atom. The third kappa shape index (κ3) is 6.98. The van der Waals surface area contributed by atoms with Crippen LogP contribution in [0.1, 0.15) is 47.7 Å². The molecule has 222 valence electrons. The number of ether oxygens (including phenoxy) is 3. The third-order valence-electron chi connectivity index (χ3n) is 7.84. The molecule has 3 N–H and O–H groups in total. The Labute approximate surface area is 247 Å². The highest BCUT2D eigenvalue weighted by Crippen LogP contribution is 2.31. The number of methoxy groups -OCH3 is 1. The molecule has 0 unspecified atom stereocenters. The molecule has 9 heteroatoms. The molecule has 1 saturated heterocycles. The van der Waals surface area contributed by atoms with Crippen molar-refractivity contribution < 1.29 is 24.1 Å². The number of nitrogens with one attached hydrogen (secondary N) is 2. The van der Waals surface area contributed by atoms with Crippen molar-refractivity contribution in [1.82, 2.24) is 9.88 Å². The van der Waals surface area contributed by atoms with E-state index in [2.05, 4.69) is 47.4 Å². The van der Waals surface area contributed by atoms with Gasteiger partial charge in [-0.2, -0.15) is 0 Å². The molecular formula is C33H40N4O5. The summed E-state index contributed by atoms with van der Waals surface area (Å²) in [7, 11) is 1.33. The Balaban J connectivity index is 1.55. The van der Waals surface area contributed by atoms with Gasteiger partial charge in [-0.25, -0.2) is 9.78 Å². The second-order valence-corrected chi connectivity index (χ2v) is 10.5. The van der Waals surface area contributed by atoms with Crippen LogP contribution < -0.4 is 5.32 Å². The summed E-state index contributed by atoms with van der Waals surface area (Å²) < 4.78 is 17.1. The minimum absolute atomic E-state index is 0.0959.